The van der Waals surface area contributed by atoms with Crippen LogP contribution in [-0.2, 0) is 22.6 Å². The molecule has 2 aromatic carbocycles. The number of fused-ring (bicyclic) bond motifs is 2. The average molecular weight is 587 g/mol. The van der Waals surface area contributed by atoms with Crippen molar-refractivity contribution in [2.24, 2.45) is 4.99 Å². The minimum Gasteiger partial charge on any atom is -0.508 e. The summed E-state index contributed by atoms with van der Waals surface area (Å²) >= 11 is 1.66. The third-order valence-electron chi connectivity index (χ3n) is 8.05. The van der Waals surface area contributed by atoms with Crippen molar-refractivity contribution < 1.29 is 19.5 Å². The number of benzene rings is 2. The van der Waals surface area contributed by atoms with Crippen LogP contribution in [-0.4, -0.2) is 98.0 Å². The van der Waals surface area contributed by atoms with E-state index in [1.807, 2.05) is 55.0 Å². The average Bonchev–Trinajstić information content (AvgIpc) is 3.47. The van der Waals surface area contributed by atoms with Crippen LogP contribution >= 0.6 is 11.8 Å². The second-order valence-corrected chi connectivity index (χ2v) is 11.8. The van der Waals surface area contributed by atoms with Crippen LogP contribution in [0.25, 0.3) is 0 Å². The number of phenolic OH excluding ortho intramolecular Hbond substituents is 1. The summed E-state index contributed by atoms with van der Waals surface area (Å²) in [4.78, 5) is 49.8. The predicted octanol–water partition coefficient (Wildman–Crippen LogP) is 2.77. The Bertz CT molecular complexity index is 1430. The molecule has 0 spiro atoms. The van der Waals surface area contributed by atoms with Crippen LogP contribution in [0.5, 0.6) is 5.75 Å². The number of carbonyl (C=O) groups is 3. The minimum atomic E-state index is -0.812. The monoisotopic (exact) mass is 586 g/mol. The number of thioether (sulfide) groups is 1. The van der Waals surface area contributed by atoms with Gasteiger partial charge in [-0.05, 0) is 35.8 Å². The predicted molar refractivity (Wildman–Crippen MR) is 161 cm³/mol. The highest BCUT2D eigenvalue weighted by molar-refractivity contribution is 8.13. The Morgan fingerprint density at radius 1 is 1.07 bits per heavy atom. The summed E-state index contributed by atoms with van der Waals surface area (Å²) in [6.07, 6.45) is 5.72. The molecular weight excluding hydrogens is 552 g/mol. The third-order valence-corrected chi connectivity index (χ3v) is 9.03. The summed E-state index contributed by atoms with van der Waals surface area (Å²) in [5.74, 6) is -0.241. The van der Waals surface area contributed by atoms with Gasteiger partial charge in [-0.3, -0.25) is 14.6 Å². The number of carbonyl (C=O) groups excluding carboxylic acids is 3. The van der Waals surface area contributed by atoms with E-state index in [0.29, 0.717) is 19.6 Å². The van der Waals surface area contributed by atoms with Crippen LogP contribution in [0.2, 0.25) is 0 Å². The Balaban J connectivity index is 1.36. The number of hydrogen-bond acceptors (Lipinski definition) is 7. The topological polar surface area (TPSA) is 109 Å². The molecule has 3 heterocycles. The molecule has 11 heteroatoms. The lowest BCUT2D eigenvalue weighted by Gasteiger charge is -2.55. The highest BCUT2D eigenvalue weighted by Gasteiger charge is 2.51. The molecule has 6 rings (SSSR count). The second-order valence-electron chi connectivity index (χ2n) is 10.8. The molecule has 0 radical (unpaired) electrons. The van der Waals surface area contributed by atoms with Crippen LogP contribution in [0.3, 0.4) is 0 Å². The molecule has 4 atom stereocenters. The fourth-order valence-electron chi connectivity index (χ4n) is 6.10. The first kappa shape index (κ1) is 28.0. The molecule has 0 saturated carbocycles. The lowest BCUT2D eigenvalue weighted by atomic mass is 9.95. The first-order valence-corrected chi connectivity index (χ1v) is 15.1. The van der Waals surface area contributed by atoms with Crippen LogP contribution < -0.4 is 5.32 Å². The maximum absolute atomic E-state index is 14.2. The van der Waals surface area contributed by atoms with Gasteiger partial charge >= 0.3 is 6.03 Å². The minimum absolute atomic E-state index is 0.0342. The largest absolute Gasteiger partial charge is 0.508 e. The van der Waals surface area contributed by atoms with Gasteiger partial charge in [0, 0.05) is 26.1 Å². The van der Waals surface area contributed by atoms with Gasteiger partial charge in [0.05, 0.1) is 29.9 Å². The number of aromatic hydroxyl groups is 1. The SMILES string of the molecule is CCNC(=O)N1C2CN(CC3=CC=CC4SC=NC34)C(=O)C(Cc3ccc(O)cc3)N2C(=O)CN1Cc1ccccc1. The summed E-state index contributed by atoms with van der Waals surface area (Å²) < 4.78 is 0. The molecule has 1 aliphatic carbocycles. The number of aliphatic imine (C=N–C) groups is 1. The molecule has 3 aliphatic heterocycles. The van der Waals surface area contributed by atoms with Gasteiger partial charge in [0.1, 0.15) is 18.0 Å². The van der Waals surface area contributed by atoms with Crippen molar-refractivity contribution in [3.63, 3.8) is 0 Å². The van der Waals surface area contributed by atoms with Gasteiger partial charge < -0.3 is 20.2 Å². The molecule has 218 valence electrons. The van der Waals surface area contributed by atoms with Crippen LogP contribution in [0, 0.1) is 0 Å². The maximum atomic E-state index is 14.2. The highest BCUT2D eigenvalue weighted by Crippen LogP contribution is 2.34. The number of amides is 4. The molecule has 4 unspecified atom stereocenters. The Morgan fingerprint density at radius 3 is 2.62 bits per heavy atom. The van der Waals surface area contributed by atoms with Crippen molar-refractivity contribution >= 4 is 35.2 Å². The van der Waals surface area contributed by atoms with Gasteiger partial charge in [0.25, 0.3) is 0 Å². The Kier molecular flexibility index (Phi) is 8.03. The molecule has 2 aromatic rings. The van der Waals surface area contributed by atoms with E-state index in [0.717, 1.165) is 16.7 Å². The molecule has 2 fully saturated rings. The fourth-order valence-corrected chi connectivity index (χ4v) is 7.01. The number of phenols is 1. The molecule has 0 aromatic heterocycles. The van der Waals surface area contributed by atoms with Crippen LogP contribution in [0.1, 0.15) is 18.1 Å². The zero-order valence-corrected chi connectivity index (χ0v) is 24.2. The highest BCUT2D eigenvalue weighted by atomic mass is 32.2. The quantitative estimate of drug-likeness (QED) is 0.517. The zero-order valence-electron chi connectivity index (χ0n) is 23.4. The van der Waals surface area contributed by atoms with Crippen molar-refractivity contribution in [2.45, 2.75) is 43.4 Å². The van der Waals surface area contributed by atoms with Crippen LogP contribution in [0.15, 0.2) is 83.4 Å². The molecule has 2 N–H and O–H groups in total. The summed E-state index contributed by atoms with van der Waals surface area (Å²) in [5, 5.41) is 16.4. The van der Waals surface area contributed by atoms with E-state index >= 15 is 0 Å². The van der Waals surface area contributed by atoms with E-state index in [9.17, 15) is 19.5 Å². The van der Waals surface area contributed by atoms with Crippen molar-refractivity contribution in [1.82, 2.24) is 25.1 Å². The molecular formula is C31H34N6O4S. The molecule has 42 heavy (non-hydrogen) atoms. The van der Waals surface area contributed by atoms with E-state index in [1.54, 1.807) is 55.8 Å². The lowest BCUT2D eigenvalue weighted by molar-refractivity contribution is -0.191. The molecule has 0 bridgehead atoms. The molecule has 4 amide bonds. The zero-order chi connectivity index (χ0) is 29.2. The second kappa shape index (κ2) is 12.0. The van der Waals surface area contributed by atoms with E-state index in [-0.39, 0.29) is 54.4 Å². The number of hydrogen-bond donors (Lipinski definition) is 2. The summed E-state index contributed by atoms with van der Waals surface area (Å²) in [6.45, 7) is 3.15. The molecule has 10 nitrogen and oxygen atoms in total. The van der Waals surface area contributed by atoms with E-state index in [1.165, 1.54) is 0 Å². The number of allylic oxidation sites excluding steroid dienone is 2. The smallest absolute Gasteiger partial charge is 0.333 e. The Hall–Kier alpha value is -4.09. The maximum Gasteiger partial charge on any atom is 0.333 e. The molecule has 4 aliphatic rings. The van der Waals surface area contributed by atoms with Crippen molar-refractivity contribution in [2.75, 3.05) is 26.2 Å². The van der Waals surface area contributed by atoms with E-state index in [4.69, 9.17) is 0 Å². The van der Waals surface area contributed by atoms with Gasteiger partial charge in [-0.2, -0.15) is 0 Å². The van der Waals surface area contributed by atoms with Gasteiger partial charge in [0.2, 0.25) is 11.8 Å². The van der Waals surface area contributed by atoms with Gasteiger partial charge in [-0.25, -0.2) is 14.8 Å². The first-order valence-electron chi connectivity index (χ1n) is 14.2. The van der Waals surface area contributed by atoms with Crippen molar-refractivity contribution in [3.8, 4) is 5.75 Å². The number of nitrogens with zero attached hydrogens (tertiary/aromatic N) is 5. The molecule has 2 saturated heterocycles. The normalized spacial score (nSPS) is 25.4. The van der Waals surface area contributed by atoms with Crippen LogP contribution in [0.4, 0.5) is 4.79 Å². The Morgan fingerprint density at radius 2 is 1.86 bits per heavy atom. The number of urea groups is 1. The summed E-state index contributed by atoms with van der Waals surface area (Å²) in [7, 11) is 0. The number of piperazine rings is 1. The van der Waals surface area contributed by atoms with Crippen molar-refractivity contribution in [3.05, 3.63) is 89.5 Å². The Labute approximate surface area is 249 Å². The summed E-state index contributed by atoms with van der Waals surface area (Å²) in [5.41, 5.74) is 4.68. The number of hydrazine groups is 1. The van der Waals surface area contributed by atoms with Gasteiger partial charge in [-0.15, -0.1) is 11.8 Å². The van der Waals surface area contributed by atoms with E-state index in [2.05, 4.69) is 16.4 Å². The van der Waals surface area contributed by atoms with E-state index < -0.39 is 12.2 Å². The third kappa shape index (κ3) is 5.54. The summed E-state index contributed by atoms with van der Waals surface area (Å²) in [6, 6.07) is 15.2. The van der Waals surface area contributed by atoms with Crippen molar-refractivity contribution in [1.29, 1.82) is 0 Å². The standard InChI is InChI=1S/C31H34N6O4S/c1-2-32-31(41)37-27-18-34(17-23-9-6-10-26-29(23)33-20-42-26)30(40)25(15-21-11-13-24(38)14-12-21)36(27)28(39)19-35(37)16-22-7-4-3-5-8-22/h3-14,20,25-27,29,38H,2,15-19H2,1H3,(H,32,41). The fraction of sp³-hybridized carbons (Fsp3) is 0.355. The lowest BCUT2D eigenvalue weighted by Crippen LogP contribution is -2.76. The van der Waals surface area contributed by atoms with Gasteiger partial charge in [-0.1, -0.05) is 60.7 Å². The first-order chi connectivity index (χ1) is 20.4. The number of nitrogens with one attached hydrogen (secondary N) is 1. The van der Waals surface area contributed by atoms with Gasteiger partial charge in [0.15, 0.2) is 0 Å². The number of rotatable bonds is 7.